The molecule has 1 unspecified atom stereocenters. The number of nitrogens with zero attached hydrogens (tertiary/aromatic N) is 1. The van der Waals surface area contributed by atoms with E-state index in [1.165, 1.54) is 11.3 Å². The molecule has 2 heterocycles. The number of aliphatic hydroxyl groups is 1. The number of alkyl halides is 3. The molecule has 0 aliphatic rings. The molecule has 2 nitrogen and oxygen atoms in total. The van der Waals surface area contributed by atoms with Crippen molar-refractivity contribution in [2.24, 2.45) is 5.92 Å². The quantitative estimate of drug-likeness (QED) is 0.919. The van der Waals surface area contributed by atoms with E-state index in [2.05, 4.69) is 4.98 Å². The molecule has 2 aromatic heterocycles. The van der Waals surface area contributed by atoms with Crippen LogP contribution in [0, 0.1) is 5.92 Å². The molecule has 1 atom stereocenters. The van der Waals surface area contributed by atoms with Gasteiger partial charge in [-0.1, -0.05) is 13.8 Å². The van der Waals surface area contributed by atoms with Crippen LogP contribution in [0.4, 0.5) is 13.2 Å². The molecule has 110 valence electrons. The molecular formula is C14H16F3NOS. The average Bonchev–Trinajstić information content (AvgIpc) is 2.67. The van der Waals surface area contributed by atoms with Crippen LogP contribution < -0.4 is 0 Å². The van der Waals surface area contributed by atoms with Crippen LogP contribution in [0.25, 0.3) is 10.1 Å². The van der Waals surface area contributed by atoms with Gasteiger partial charge in [0.05, 0.1) is 0 Å². The number of thiophene rings is 1. The highest BCUT2D eigenvalue weighted by atomic mass is 32.1. The fraction of sp³-hybridized carbons (Fsp3) is 0.500. The Morgan fingerprint density at radius 3 is 2.60 bits per heavy atom. The lowest BCUT2D eigenvalue weighted by Gasteiger charge is -2.31. The van der Waals surface area contributed by atoms with Crippen LogP contribution >= 0.6 is 11.3 Å². The molecule has 20 heavy (non-hydrogen) atoms. The highest BCUT2D eigenvalue weighted by molar-refractivity contribution is 7.19. The number of halogens is 3. The average molecular weight is 303 g/mol. The number of fused-ring (bicyclic) bond motifs is 1. The second-order valence-corrected chi connectivity index (χ2v) is 6.60. The minimum absolute atomic E-state index is 0.238. The summed E-state index contributed by atoms with van der Waals surface area (Å²) in [6.45, 7) is 3.34. The monoisotopic (exact) mass is 303 g/mol. The largest absolute Gasteiger partial charge is 0.417 e. The fourth-order valence-corrected chi connectivity index (χ4v) is 3.42. The van der Waals surface area contributed by atoms with Crippen molar-refractivity contribution in [3.8, 4) is 0 Å². The van der Waals surface area contributed by atoms with E-state index in [9.17, 15) is 18.3 Å². The molecule has 0 aliphatic carbocycles. The van der Waals surface area contributed by atoms with Crippen molar-refractivity contribution >= 4 is 21.4 Å². The zero-order valence-electron chi connectivity index (χ0n) is 11.2. The van der Waals surface area contributed by atoms with Crippen LogP contribution in [0.5, 0.6) is 0 Å². The van der Waals surface area contributed by atoms with Gasteiger partial charge in [0, 0.05) is 33.8 Å². The first-order valence-corrected chi connectivity index (χ1v) is 7.14. The topological polar surface area (TPSA) is 33.1 Å². The van der Waals surface area contributed by atoms with E-state index < -0.39 is 18.2 Å². The normalized spacial score (nSPS) is 15.8. The number of rotatable bonds is 4. The molecule has 0 spiro atoms. The van der Waals surface area contributed by atoms with Gasteiger partial charge in [0.25, 0.3) is 0 Å². The molecule has 0 aliphatic heterocycles. The smallest absolute Gasteiger partial charge is 0.380 e. The lowest BCUT2D eigenvalue weighted by Crippen LogP contribution is -2.47. The van der Waals surface area contributed by atoms with Gasteiger partial charge >= 0.3 is 6.18 Å². The third-order valence-electron chi connectivity index (χ3n) is 3.11. The number of pyridine rings is 1. The van der Waals surface area contributed by atoms with E-state index in [1.54, 1.807) is 38.4 Å². The molecule has 0 bridgehead atoms. The maximum atomic E-state index is 13.1. The molecule has 0 saturated heterocycles. The van der Waals surface area contributed by atoms with Gasteiger partial charge in [-0.05, 0) is 24.5 Å². The van der Waals surface area contributed by atoms with Gasteiger partial charge in [-0.25, -0.2) is 0 Å². The van der Waals surface area contributed by atoms with Gasteiger partial charge in [0.2, 0.25) is 0 Å². The van der Waals surface area contributed by atoms with E-state index >= 15 is 0 Å². The molecule has 0 fully saturated rings. The zero-order valence-corrected chi connectivity index (χ0v) is 12.1. The molecule has 0 radical (unpaired) electrons. The summed E-state index contributed by atoms with van der Waals surface area (Å²) in [7, 11) is 0. The summed E-state index contributed by atoms with van der Waals surface area (Å²) in [5.41, 5.74) is -2.67. The Labute approximate surface area is 119 Å². The molecule has 2 rings (SSSR count). The van der Waals surface area contributed by atoms with Crippen molar-refractivity contribution < 1.29 is 18.3 Å². The molecule has 6 heteroatoms. The predicted octanol–water partition coefficient (Wildman–Crippen LogP) is 4.18. The minimum Gasteiger partial charge on any atom is -0.380 e. The second-order valence-electron chi connectivity index (χ2n) is 5.43. The van der Waals surface area contributed by atoms with Crippen LogP contribution in [0.2, 0.25) is 0 Å². The van der Waals surface area contributed by atoms with Gasteiger partial charge in [0.15, 0.2) is 5.60 Å². The van der Waals surface area contributed by atoms with Crippen LogP contribution in [-0.4, -0.2) is 21.9 Å². The Morgan fingerprint density at radius 2 is 2.05 bits per heavy atom. The third-order valence-corrected chi connectivity index (χ3v) is 4.22. The number of hydrogen-bond acceptors (Lipinski definition) is 3. The van der Waals surface area contributed by atoms with Crippen LogP contribution in [0.15, 0.2) is 24.5 Å². The van der Waals surface area contributed by atoms with Crippen molar-refractivity contribution in [3.05, 3.63) is 29.4 Å². The van der Waals surface area contributed by atoms with Gasteiger partial charge in [-0.15, -0.1) is 11.3 Å². The van der Waals surface area contributed by atoms with Crippen molar-refractivity contribution in [2.45, 2.75) is 38.5 Å². The summed E-state index contributed by atoms with van der Waals surface area (Å²) in [6.07, 6.45) is -2.13. The summed E-state index contributed by atoms with van der Waals surface area (Å²) < 4.78 is 40.3. The first-order valence-electron chi connectivity index (χ1n) is 6.33. The molecule has 0 aromatic carbocycles. The van der Waals surface area contributed by atoms with Crippen LogP contribution in [0.3, 0.4) is 0 Å². The van der Waals surface area contributed by atoms with Gasteiger partial charge in [-0.3, -0.25) is 4.98 Å². The van der Waals surface area contributed by atoms with Gasteiger partial charge in [0.1, 0.15) is 0 Å². The van der Waals surface area contributed by atoms with E-state index in [0.29, 0.717) is 4.88 Å². The third kappa shape index (κ3) is 3.12. The van der Waals surface area contributed by atoms with Crippen molar-refractivity contribution in [1.82, 2.24) is 4.98 Å². The Kier molecular flexibility index (Phi) is 4.07. The zero-order chi connectivity index (χ0) is 15.0. The van der Waals surface area contributed by atoms with Gasteiger partial charge < -0.3 is 5.11 Å². The van der Waals surface area contributed by atoms with Crippen molar-refractivity contribution in [3.63, 3.8) is 0 Å². The van der Waals surface area contributed by atoms with E-state index in [0.717, 1.165) is 10.1 Å². The summed E-state index contributed by atoms with van der Waals surface area (Å²) in [5, 5.41) is 10.9. The van der Waals surface area contributed by atoms with E-state index in [-0.39, 0.29) is 12.3 Å². The van der Waals surface area contributed by atoms with Crippen LogP contribution in [-0.2, 0) is 6.42 Å². The standard InChI is InChI=1S/C14H16F3NOS/c1-9(2)6-13(19,14(15,16)17)7-11-5-10-8-18-4-3-12(10)20-11/h3-5,8-9,19H,6-7H2,1-2H3. The predicted molar refractivity (Wildman–Crippen MR) is 73.8 cm³/mol. The maximum absolute atomic E-state index is 13.1. The van der Waals surface area contributed by atoms with Crippen LogP contribution in [0.1, 0.15) is 25.1 Å². The Balaban J connectivity index is 2.32. The Morgan fingerprint density at radius 1 is 1.35 bits per heavy atom. The molecule has 1 N–H and O–H groups in total. The Bertz CT molecular complexity index is 560. The molecule has 0 saturated carbocycles. The van der Waals surface area contributed by atoms with E-state index in [4.69, 9.17) is 0 Å². The van der Waals surface area contributed by atoms with E-state index in [1.807, 2.05) is 0 Å². The first kappa shape index (κ1) is 15.3. The first-order chi connectivity index (χ1) is 9.21. The molecule has 2 aromatic rings. The maximum Gasteiger partial charge on any atom is 0.417 e. The Hall–Kier alpha value is -1.14. The van der Waals surface area contributed by atoms with Crippen molar-refractivity contribution in [1.29, 1.82) is 0 Å². The highest BCUT2D eigenvalue weighted by Gasteiger charge is 2.53. The molecule has 0 amide bonds. The van der Waals surface area contributed by atoms with Gasteiger partial charge in [-0.2, -0.15) is 13.2 Å². The minimum atomic E-state index is -4.63. The highest BCUT2D eigenvalue weighted by Crippen LogP contribution is 2.40. The SMILES string of the molecule is CC(C)CC(O)(Cc1cc2cnccc2s1)C(F)(F)F. The summed E-state index contributed by atoms with van der Waals surface area (Å²) in [5.74, 6) is -0.238. The van der Waals surface area contributed by atoms with Crippen molar-refractivity contribution in [2.75, 3.05) is 0 Å². The molecular weight excluding hydrogens is 287 g/mol. The lowest BCUT2D eigenvalue weighted by molar-refractivity contribution is -0.264. The summed E-state index contributed by atoms with van der Waals surface area (Å²) >= 11 is 1.27. The summed E-state index contributed by atoms with van der Waals surface area (Å²) in [4.78, 5) is 4.46. The summed E-state index contributed by atoms with van der Waals surface area (Å²) in [6, 6.07) is 3.43. The second kappa shape index (κ2) is 5.33. The number of hydrogen-bond donors (Lipinski definition) is 1. The number of aromatic nitrogens is 1. The fourth-order valence-electron chi connectivity index (χ4n) is 2.28. The lowest BCUT2D eigenvalue weighted by atomic mass is 9.88.